The van der Waals surface area contributed by atoms with Crippen LogP contribution in [0.25, 0.3) is 0 Å². The van der Waals surface area contributed by atoms with Crippen molar-refractivity contribution >= 4 is 29.4 Å². The second kappa shape index (κ2) is 12.7. The first-order valence-electron chi connectivity index (χ1n) is 10.1. The molecule has 0 aliphatic carbocycles. The molecule has 1 amide bonds. The molecule has 172 valence electrons. The van der Waals surface area contributed by atoms with Crippen LogP contribution >= 0.6 is 11.6 Å². The molecule has 0 unspecified atom stereocenters. The van der Waals surface area contributed by atoms with Gasteiger partial charge in [0.15, 0.2) is 0 Å². The molecular formula is C23H27ClN2O6. The fourth-order valence-corrected chi connectivity index (χ4v) is 3.60. The van der Waals surface area contributed by atoms with Crippen molar-refractivity contribution in [3.63, 3.8) is 0 Å². The summed E-state index contributed by atoms with van der Waals surface area (Å²) in [6.45, 7) is 3.18. The number of hydrogen-bond donors (Lipinski definition) is 3. The third kappa shape index (κ3) is 7.86. The molecular weight excluding hydrogens is 436 g/mol. The Morgan fingerprint density at radius 3 is 2.12 bits per heavy atom. The molecule has 1 aliphatic rings. The van der Waals surface area contributed by atoms with E-state index in [1.54, 1.807) is 7.11 Å². The van der Waals surface area contributed by atoms with Crippen LogP contribution in [0.2, 0.25) is 5.02 Å². The third-order valence-electron chi connectivity index (χ3n) is 5.14. The van der Waals surface area contributed by atoms with Crippen molar-refractivity contribution in [2.45, 2.75) is 25.9 Å². The molecule has 1 saturated heterocycles. The van der Waals surface area contributed by atoms with E-state index >= 15 is 0 Å². The molecule has 3 N–H and O–H groups in total. The van der Waals surface area contributed by atoms with E-state index in [0.29, 0.717) is 11.6 Å². The number of hydrogen-bond acceptors (Lipinski definition) is 5. The second-order valence-corrected chi connectivity index (χ2v) is 7.69. The number of aliphatic carboxylic acids is 2. The van der Waals surface area contributed by atoms with E-state index in [0.717, 1.165) is 43.8 Å². The number of carboxylic acids is 2. The standard InChI is InChI=1S/C21H25ClN2O2.C2H2O4/c1-26-20-9-5-3-7-18(20)15-24-12-10-16(11-13-24)21(25)23-14-17-6-2-4-8-19(17)22;3-1(4)2(5)6/h2-9,16H,10-15H2,1H3,(H,23,25);(H,3,4)(H,5,6). The fourth-order valence-electron chi connectivity index (χ4n) is 3.40. The van der Waals surface area contributed by atoms with Gasteiger partial charge in [0, 0.05) is 29.6 Å². The number of carboxylic acid groups (broad SMARTS) is 2. The zero-order valence-electron chi connectivity index (χ0n) is 17.8. The summed E-state index contributed by atoms with van der Waals surface area (Å²) in [6.07, 6.45) is 1.76. The van der Waals surface area contributed by atoms with Gasteiger partial charge in [0.1, 0.15) is 5.75 Å². The van der Waals surface area contributed by atoms with E-state index in [-0.39, 0.29) is 11.8 Å². The molecule has 0 aromatic heterocycles. The number of likely N-dealkylation sites (tertiary alicyclic amines) is 1. The maximum absolute atomic E-state index is 12.5. The summed E-state index contributed by atoms with van der Waals surface area (Å²) in [5.74, 6) is -2.52. The Kier molecular flexibility index (Phi) is 9.97. The minimum Gasteiger partial charge on any atom is -0.496 e. The van der Waals surface area contributed by atoms with Crippen molar-refractivity contribution in [2.24, 2.45) is 5.92 Å². The van der Waals surface area contributed by atoms with E-state index in [4.69, 9.17) is 36.1 Å². The molecule has 2 aromatic carbocycles. The zero-order chi connectivity index (χ0) is 23.5. The summed E-state index contributed by atoms with van der Waals surface area (Å²) >= 11 is 6.15. The lowest BCUT2D eigenvalue weighted by atomic mass is 9.95. The third-order valence-corrected chi connectivity index (χ3v) is 5.51. The highest BCUT2D eigenvalue weighted by Gasteiger charge is 2.25. The lowest BCUT2D eigenvalue weighted by Gasteiger charge is -2.31. The van der Waals surface area contributed by atoms with Gasteiger partial charge in [0.05, 0.1) is 7.11 Å². The molecule has 1 aliphatic heterocycles. The maximum atomic E-state index is 12.5. The highest BCUT2D eigenvalue weighted by Crippen LogP contribution is 2.24. The first-order valence-corrected chi connectivity index (χ1v) is 10.5. The first kappa shape index (κ1) is 25.2. The van der Waals surface area contributed by atoms with Gasteiger partial charge in [-0.15, -0.1) is 0 Å². The van der Waals surface area contributed by atoms with Crippen LogP contribution in [0, 0.1) is 5.92 Å². The number of methoxy groups -OCH3 is 1. The summed E-state index contributed by atoms with van der Waals surface area (Å²) in [5.41, 5.74) is 2.15. The Labute approximate surface area is 191 Å². The van der Waals surface area contributed by atoms with Gasteiger partial charge >= 0.3 is 11.9 Å². The summed E-state index contributed by atoms with van der Waals surface area (Å²) in [6, 6.07) is 15.7. The Bertz CT molecular complexity index is 916. The van der Waals surface area contributed by atoms with Gasteiger partial charge in [-0.2, -0.15) is 0 Å². The van der Waals surface area contributed by atoms with Crippen molar-refractivity contribution in [1.29, 1.82) is 0 Å². The number of halogens is 1. The average Bonchev–Trinajstić information content (AvgIpc) is 2.79. The molecule has 0 bridgehead atoms. The molecule has 0 saturated carbocycles. The van der Waals surface area contributed by atoms with Crippen LogP contribution in [-0.4, -0.2) is 53.2 Å². The van der Waals surface area contributed by atoms with E-state index in [2.05, 4.69) is 16.3 Å². The van der Waals surface area contributed by atoms with Crippen molar-refractivity contribution in [3.8, 4) is 5.75 Å². The van der Waals surface area contributed by atoms with Crippen LogP contribution in [0.1, 0.15) is 24.0 Å². The van der Waals surface area contributed by atoms with Gasteiger partial charge in [-0.1, -0.05) is 48.0 Å². The monoisotopic (exact) mass is 462 g/mol. The highest BCUT2D eigenvalue weighted by molar-refractivity contribution is 6.31. The summed E-state index contributed by atoms with van der Waals surface area (Å²) in [5, 5.41) is 18.5. The van der Waals surface area contributed by atoms with E-state index in [1.807, 2.05) is 42.5 Å². The average molecular weight is 463 g/mol. The molecule has 1 heterocycles. The number of carbonyl (C=O) groups is 3. The number of carbonyl (C=O) groups excluding carboxylic acids is 1. The Morgan fingerprint density at radius 1 is 1.00 bits per heavy atom. The Morgan fingerprint density at radius 2 is 1.56 bits per heavy atom. The smallest absolute Gasteiger partial charge is 0.414 e. The molecule has 0 radical (unpaired) electrons. The highest BCUT2D eigenvalue weighted by atomic mass is 35.5. The Hall–Kier alpha value is -3.10. The van der Waals surface area contributed by atoms with Gasteiger partial charge in [-0.25, -0.2) is 9.59 Å². The lowest BCUT2D eigenvalue weighted by Crippen LogP contribution is -2.40. The molecule has 1 fully saturated rings. The predicted molar refractivity (Wildman–Crippen MR) is 120 cm³/mol. The van der Waals surface area contributed by atoms with Crippen LogP contribution in [0.5, 0.6) is 5.75 Å². The quantitative estimate of drug-likeness (QED) is 0.565. The molecule has 3 rings (SSSR count). The van der Waals surface area contributed by atoms with Gasteiger partial charge < -0.3 is 20.3 Å². The van der Waals surface area contributed by atoms with Crippen LogP contribution in [-0.2, 0) is 27.5 Å². The van der Waals surface area contributed by atoms with E-state index in [1.165, 1.54) is 5.56 Å². The number of para-hydroxylation sites is 1. The molecule has 0 spiro atoms. The number of nitrogens with zero attached hydrogens (tertiary/aromatic N) is 1. The number of amides is 1. The number of nitrogens with one attached hydrogen (secondary N) is 1. The van der Waals surface area contributed by atoms with Crippen LogP contribution in [0.4, 0.5) is 0 Å². The lowest BCUT2D eigenvalue weighted by molar-refractivity contribution is -0.159. The second-order valence-electron chi connectivity index (χ2n) is 7.28. The number of piperidine rings is 1. The van der Waals surface area contributed by atoms with Gasteiger partial charge in [0.2, 0.25) is 5.91 Å². The summed E-state index contributed by atoms with van der Waals surface area (Å²) in [7, 11) is 1.70. The van der Waals surface area contributed by atoms with E-state index in [9.17, 15) is 4.79 Å². The van der Waals surface area contributed by atoms with Gasteiger partial charge in [0.25, 0.3) is 0 Å². The molecule has 2 aromatic rings. The molecule has 32 heavy (non-hydrogen) atoms. The predicted octanol–water partition coefficient (Wildman–Crippen LogP) is 3.03. The van der Waals surface area contributed by atoms with Gasteiger partial charge in [-0.3, -0.25) is 9.69 Å². The maximum Gasteiger partial charge on any atom is 0.414 e. The first-order chi connectivity index (χ1) is 15.3. The normalized spacial score (nSPS) is 14.1. The molecule has 9 heteroatoms. The number of benzene rings is 2. The van der Waals surface area contributed by atoms with Crippen molar-refractivity contribution < 1.29 is 29.3 Å². The van der Waals surface area contributed by atoms with Crippen LogP contribution in [0.3, 0.4) is 0 Å². The largest absolute Gasteiger partial charge is 0.496 e. The zero-order valence-corrected chi connectivity index (χ0v) is 18.5. The summed E-state index contributed by atoms with van der Waals surface area (Å²) < 4.78 is 5.43. The fraction of sp³-hybridized carbons (Fsp3) is 0.348. The topological polar surface area (TPSA) is 116 Å². The van der Waals surface area contributed by atoms with Crippen LogP contribution in [0.15, 0.2) is 48.5 Å². The number of rotatable bonds is 6. The Balaban J connectivity index is 0.000000534. The molecule has 8 nitrogen and oxygen atoms in total. The van der Waals surface area contributed by atoms with Crippen molar-refractivity contribution in [2.75, 3.05) is 20.2 Å². The van der Waals surface area contributed by atoms with Crippen molar-refractivity contribution in [1.82, 2.24) is 10.2 Å². The number of ether oxygens (including phenoxy) is 1. The van der Waals surface area contributed by atoms with E-state index < -0.39 is 11.9 Å². The summed E-state index contributed by atoms with van der Waals surface area (Å²) in [4.78, 5) is 33.0. The minimum absolute atomic E-state index is 0.0754. The van der Waals surface area contributed by atoms with Gasteiger partial charge in [-0.05, 0) is 43.6 Å². The SMILES string of the molecule is COc1ccccc1CN1CCC(C(=O)NCc2ccccc2Cl)CC1.O=C(O)C(=O)O. The molecule has 0 atom stereocenters. The van der Waals surface area contributed by atoms with Crippen LogP contribution < -0.4 is 10.1 Å². The minimum atomic E-state index is -1.82. The van der Waals surface area contributed by atoms with Crippen molar-refractivity contribution in [3.05, 3.63) is 64.7 Å².